The lowest BCUT2D eigenvalue weighted by Crippen LogP contribution is -2.51. The lowest BCUT2D eigenvalue weighted by atomic mass is 10.0. The summed E-state index contributed by atoms with van der Waals surface area (Å²) >= 11 is 0. The van der Waals surface area contributed by atoms with Gasteiger partial charge in [-0.1, -0.05) is 30.3 Å². The highest BCUT2D eigenvalue weighted by Gasteiger charge is 2.40. The second-order valence-corrected chi connectivity index (χ2v) is 10.4. The molecule has 1 aliphatic heterocycles. The molecule has 2 atom stereocenters. The van der Waals surface area contributed by atoms with Gasteiger partial charge in [-0.05, 0) is 42.7 Å². The zero-order valence-corrected chi connectivity index (χ0v) is 20.9. The normalized spacial score (nSPS) is 16.5. The number of carbonyl (C=O) groups is 3. The number of benzene rings is 2. The maximum absolute atomic E-state index is 13.0. The molecule has 1 saturated heterocycles. The fourth-order valence-electron chi connectivity index (χ4n) is 3.96. The minimum Gasteiger partial charge on any atom is -0.480 e. The number of sulfonamides is 1. The predicted molar refractivity (Wildman–Crippen MR) is 137 cm³/mol. The molecule has 12 nitrogen and oxygen atoms in total. The molecular formula is C24H30N6O6S. The summed E-state index contributed by atoms with van der Waals surface area (Å²) in [6, 6.07) is 12.0. The van der Waals surface area contributed by atoms with Gasteiger partial charge in [0.25, 0.3) is 0 Å². The molecule has 1 heterocycles. The number of carbonyl (C=O) groups excluding carboxylic acids is 2. The van der Waals surface area contributed by atoms with Crippen LogP contribution in [-0.2, 0) is 30.8 Å². The van der Waals surface area contributed by atoms with Crippen LogP contribution >= 0.6 is 0 Å². The van der Waals surface area contributed by atoms with Gasteiger partial charge in [-0.3, -0.25) is 14.6 Å². The molecule has 0 aliphatic carbocycles. The minimum absolute atomic E-state index is 0.0298. The number of guanidine groups is 1. The average molecular weight is 531 g/mol. The van der Waals surface area contributed by atoms with Crippen molar-refractivity contribution in [3.8, 4) is 0 Å². The third-order valence-corrected chi connectivity index (χ3v) is 7.70. The van der Waals surface area contributed by atoms with Gasteiger partial charge < -0.3 is 27.2 Å². The molecule has 1 aliphatic rings. The Kier molecular flexibility index (Phi) is 9.20. The Morgan fingerprint density at radius 2 is 1.76 bits per heavy atom. The topological polar surface area (TPSA) is 197 Å². The maximum Gasteiger partial charge on any atom is 0.326 e. The number of carboxylic acid groups (broad SMARTS) is 1. The van der Waals surface area contributed by atoms with Crippen molar-refractivity contribution < 1.29 is 27.9 Å². The van der Waals surface area contributed by atoms with E-state index in [2.05, 4.69) is 15.6 Å². The van der Waals surface area contributed by atoms with Crippen molar-refractivity contribution in [2.24, 2.45) is 16.5 Å². The minimum atomic E-state index is -3.90. The predicted octanol–water partition coefficient (Wildman–Crippen LogP) is 0.254. The van der Waals surface area contributed by atoms with Gasteiger partial charge in [-0.15, -0.1) is 0 Å². The molecule has 2 aromatic rings. The first kappa shape index (κ1) is 27.6. The second-order valence-electron chi connectivity index (χ2n) is 8.49. The number of aliphatic imine (C=N–C) groups is 1. The summed E-state index contributed by atoms with van der Waals surface area (Å²) in [4.78, 5) is 40.6. The van der Waals surface area contributed by atoms with Gasteiger partial charge in [0.2, 0.25) is 21.8 Å². The van der Waals surface area contributed by atoms with E-state index in [-0.39, 0.29) is 42.7 Å². The molecule has 0 saturated carbocycles. The van der Waals surface area contributed by atoms with Gasteiger partial charge in [0.05, 0.1) is 11.4 Å². The Labute approximate surface area is 214 Å². The molecule has 2 unspecified atom stereocenters. The number of hydrogen-bond acceptors (Lipinski definition) is 6. The van der Waals surface area contributed by atoms with Gasteiger partial charge in [-0.25, -0.2) is 13.2 Å². The first-order valence-electron chi connectivity index (χ1n) is 11.6. The zero-order valence-electron chi connectivity index (χ0n) is 20.0. The number of anilines is 1. The lowest BCUT2D eigenvalue weighted by Gasteiger charge is -2.25. The van der Waals surface area contributed by atoms with Crippen LogP contribution in [0.5, 0.6) is 0 Å². The average Bonchev–Trinajstić information content (AvgIpc) is 3.36. The first-order valence-corrected chi connectivity index (χ1v) is 13.1. The quantitative estimate of drug-likeness (QED) is 0.201. The summed E-state index contributed by atoms with van der Waals surface area (Å²) < 4.78 is 27.2. The van der Waals surface area contributed by atoms with Gasteiger partial charge in [0.15, 0.2) is 5.96 Å². The van der Waals surface area contributed by atoms with Gasteiger partial charge in [-0.2, -0.15) is 4.31 Å². The summed E-state index contributed by atoms with van der Waals surface area (Å²) in [5, 5.41) is 14.9. The number of nitrogens with zero attached hydrogens (tertiary/aromatic N) is 2. The summed E-state index contributed by atoms with van der Waals surface area (Å²) in [6.45, 7) is 0.323. The Morgan fingerprint density at radius 3 is 2.38 bits per heavy atom. The molecule has 7 N–H and O–H groups in total. The Bertz CT molecular complexity index is 1250. The molecule has 13 heteroatoms. The zero-order chi connectivity index (χ0) is 27.0. The van der Waals surface area contributed by atoms with Crippen LogP contribution in [0.4, 0.5) is 5.69 Å². The van der Waals surface area contributed by atoms with Gasteiger partial charge in [0, 0.05) is 25.1 Å². The van der Waals surface area contributed by atoms with Crippen LogP contribution in [0.15, 0.2) is 64.5 Å². The SMILES string of the molecule is NC(N)=NCCC(=O)Nc1ccc(CC(NC(=O)C2CCCN2S(=O)(=O)c2ccccc2)C(=O)O)cc1. The highest BCUT2D eigenvalue weighted by Crippen LogP contribution is 2.26. The molecule has 0 spiro atoms. The molecule has 2 amide bonds. The molecular weight excluding hydrogens is 500 g/mol. The van der Waals surface area contributed by atoms with Crippen LogP contribution in [0, 0.1) is 0 Å². The third kappa shape index (κ3) is 7.51. The molecule has 1 fully saturated rings. The smallest absolute Gasteiger partial charge is 0.326 e. The summed E-state index contributed by atoms with van der Waals surface area (Å²) in [7, 11) is -3.90. The van der Waals surface area contributed by atoms with Crippen molar-refractivity contribution in [2.75, 3.05) is 18.4 Å². The Hall–Kier alpha value is -3.97. The molecule has 0 radical (unpaired) electrons. The first-order chi connectivity index (χ1) is 17.6. The van der Waals surface area contributed by atoms with Crippen molar-refractivity contribution >= 4 is 39.5 Å². The number of nitrogens with one attached hydrogen (secondary N) is 2. The summed E-state index contributed by atoms with van der Waals surface area (Å²) in [6.07, 6.45) is 0.839. The van der Waals surface area contributed by atoms with E-state index >= 15 is 0 Å². The number of carboxylic acids is 1. The Morgan fingerprint density at radius 1 is 1.08 bits per heavy atom. The van der Waals surface area contributed by atoms with Crippen LogP contribution in [-0.4, -0.2) is 66.7 Å². The summed E-state index contributed by atoms with van der Waals surface area (Å²) in [5.41, 5.74) is 11.6. The van der Waals surface area contributed by atoms with Crippen molar-refractivity contribution in [2.45, 2.75) is 42.7 Å². The van der Waals surface area contributed by atoms with E-state index in [0.29, 0.717) is 24.1 Å². The molecule has 198 valence electrons. The highest BCUT2D eigenvalue weighted by molar-refractivity contribution is 7.89. The number of rotatable bonds is 11. The van der Waals surface area contributed by atoms with Crippen molar-refractivity contribution in [1.82, 2.24) is 9.62 Å². The lowest BCUT2D eigenvalue weighted by molar-refractivity contribution is -0.142. The van der Waals surface area contributed by atoms with E-state index in [4.69, 9.17) is 11.5 Å². The van der Waals surface area contributed by atoms with E-state index in [1.807, 2.05) is 0 Å². The molecule has 3 rings (SSSR count). The van der Waals surface area contributed by atoms with E-state index in [9.17, 15) is 27.9 Å². The largest absolute Gasteiger partial charge is 0.480 e. The van der Waals surface area contributed by atoms with Gasteiger partial charge >= 0.3 is 5.97 Å². The van der Waals surface area contributed by atoms with Crippen molar-refractivity contribution in [3.63, 3.8) is 0 Å². The Balaban J connectivity index is 1.62. The maximum atomic E-state index is 13.0. The molecule has 0 bridgehead atoms. The molecule has 0 aromatic heterocycles. The van der Waals surface area contributed by atoms with Crippen LogP contribution in [0.2, 0.25) is 0 Å². The molecule has 37 heavy (non-hydrogen) atoms. The van der Waals surface area contributed by atoms with E-state index < -0.39 is 34.0 Å². The standard InChI is InChI=1S/C24H30N6O6S/c25-24(26)27-13-12-21(31)28-17-10-8-16(9-11-17)15-19(23(33)34)29-22(32)20-7-4-14-30(20)37(35,36)18-5-2-1-3-6-18/h1-3,5-6,8-11,19-20H,4,7,12-15H2,(H,28,31)(H,29,32)(H,33,34)(H4,25,26,27). The van der Waals surface area contributed by atoms with Crippen LogP contribution < -0.4 is 22.1 Å². The van der Waals surface area contributed by atoms with E-state index in [1.165, 1.54) is 12.1 Å². The van der Waals surface area contributed by atoms with E-state index in [1.54, 1.807) is 42.5 Å². The van der Waals surface area contributed by atoms with Gasteiger partial charge in [0.1, 0.15) is 12.1 Å². The monoisotopic (exact) mass is 530 g/mol. The van der Waals surface area contributed by atoms with Crippen LogP contribution in [0.25, 0.3) is 0 Å². The number of amides is 2. The second kappa shape index (κ2) is 12.3. The van der Waals surface area contributed by atoms with Crippen molar-refractivity contribution in [1.29, 1.82) is 0 Å². The van der Waals surface area contributed by atoms with E-state index in [0.717, 1.165) is 4.31 Å². The highest BCUT2D eigenvalue weighted by atomic mass is 32.2. The fraction of sp³-hybridized carbons (Fsp3) is 0.333. The third-order valence-electron chi connectivity index (χ3n) is 5.78. The number of hydrogen-bond donors (Lipinski definition) is 5. The molecule has 2 aromatic carbocycles. The van der Waals surface area contributed by atoms with Crippen molar-refractivity contribution in [3.05, 3.63) is 60.2 Å². The van der Waals surface area contributed by atoms with Crippen LogP contribution in [0.3, 0.4) is 0 Å². The number of nitrogens with two attached hydrogens (primary N) is 2. The fourth-order valence-corrected chi connectivity index (χ4v) is 5.63. The van der Waals surface area contributed by atoms with Crippen LogP contribution in [0.1, 0.15) is 24.8 Å². The summed E-state index contributed by atoms with van der Waals surface area (Å²) in [5.74, 6) is -2.30. The number of aliphatic carboxylic acids is 1.